The van der Waals surface area contributed by atoms with Crippen molar-refractivity contribution in [1.29, 1.82) is 0 Å². The molecule has 3 aromatic carbocycles. The Hall–Kier alpha value is -3.60. The molecule has 0 aliphatic rings. The molecule has 0 aliphatic heterocycles. The van der Waals surface area contributed by atoms with E-state index >= 15 is 0 Å². The van der Waals surface area contributed by atoms with Gasteiger partial charge in [0.25, 0.3) is 0 Å². The van der Waals surface area contributed by atoms with Crippen LogP contribution in [-0.4, -0.2) is 28.5 Å². The Morgan fingerprint density at radius 1 is 0.821 bits per heavy atom. The van der Waals surface area contributed by atoms with Crippen molar-refractivity contribution >= 4 is 16.7 Å². The molecule has 0 bridgehead atoms. The Kier molecular flexibility index (Phi) is 5.63. The standard InChI is InChI=1S/C23H21N3O2/c1-3-9-19(10-4-1)22(17-26-18-24-21-13-7-8-14-23(21)26)25-28-16-15-27-20-11-5-2-6-12-20/h1-14,18H,15-17H2/b25-22-. The van der Waals surface area contributed by atoms with Crippen LogP contribution in [0, 0.1) is 0 Å². The van der Waals surface area contributed by atoms with Gasteiger partial charge in [-0.1, -0.05) is 65.8 Å². The number of nitrogens with zero attached hydrogens (tertiary/aromatic N) is 3. The number of imidazole rings is 1. The van der Waals surface area contributed by atoms with Crippen LogP contribution in [-0.2, 0) is 11.4 Å². The largest absolute Gasteiger partial charge is 0.490 e. The third-order valence-corrected chi connectivity index (χ3v) is 4.32. The highest BCUT2D eigenvalue weighted by Crippen LogP contribution is 2.14. The first-order chi connectivity index (χ1) is 13.9. The Bertz CT molecular complexity index is 1040. The van der Waals surface area contributed by atoms with Gasteiger partial charge in [-0.05, 0) is 24.3 Å². The molecule has 5 heteroatoms. The first kappa shape index (κ1) is 17.8. The predicted molar refractivity (Wildman–Crippen MR) is 111 cm³/mol. The summed E-state index contributed by atoms with van der Waals surface area (Å²) in [6.07, 6.45) is 1.83. The maximum Gasteiger partial charge on any atom is 0.151 e. The van der Waals surface area contributed by atoms with Crippen LogP contribution in [0.3, 0.4) is 0 Å². The van der Waals surface area contributed by atoms with E-state index in [1.807, 2.05) is 85.2 Å². The Balaban J connectivity index is 1.45. The molecule has 1 heterocycles. The maximum absolute atomic E-state index is 5.65. The maximum atomic E-state index is 5.65. The highest BCUT2D eigenvalue weighted by atomic mass is 16.6. The fraction of sp³-hybridized carbons (Fsp3) is 0.130. The number of benzene rings is 3. The lowest BCUT2D eigenvalue weighted by atomic mass is 10.1. The minimum atomic E-state index is 0.371. The summed E-state index contributed by atoms with van der Waals surface area (Å²) in [5, 5.41) is 4.39. The second-order valence-electron chi connectivity index (χ2n) is 6.26. The molecule has 0 saturated heterocycles. The van der Waals surface area contributed by atoms with Gasteiger partial charge in [0.05, 0.1) is 23.9 Å². The second kappa shape index (κ2) is 8.86. The molecule has 0 aliphatic carbocycles. The lowest BCUT2D eigenvalue weighted by Gasteiger charge is -2.10. The number of para-hydroxylation sites is 3. The molecular formula is C23H21N3O2. The summed E-state index contributed by atoms with van der Waals surface area (Å²) in [5.74, 6) is 0.822. The third-order valence-electron chi connectivity index (χ3n) is 4.32. The molecule has 0 unspecified atom stereocenters. The van der Waals surface area contributed by atoms with Crippen LogP contribution in [0.4, 0.5) is 0 Å². The van der Waals surface area contributed by atoms with E-state index in [9.17, 15) is 0 Å². The van der Waals surface area contributed by atoms with Gasteiger partial charge in [0.15, 0.2) is 6.61 Å². The average molecular weight is 371 g/mol. The van der Waals surface area contributed by atoms with Crippen LogP contribution in [0.15, 0.2) is 96.4 Å². The molecule has 0 spiro atoms. The van der Waals surface area contributed by atoms with Crippen LogP contribution in [0.25, 0.3) is 11.0 Å². The van der Waals surface area contributed by atoms with Gasteiger partial charge in [-0.15, -0.1) is 0 Å². The number of hydrogen-bond donors (Lipinski definition) is 0. The van der Waals surface area contributed by atoms with Crippen LogP contribution >= 0.6 is 0 Å². The van der Waals surface area contributed by atoms with E-state index in [-0.39, 0.29) is 0 Å². The molecule has 0 fully saturated rings. The molecule has 0 N–H and O–H groups in total. The first-order valence-corrected chi connectivity index (χ1v) is 9.22. The van der Waals surface area contributed by atoms with Crippen molar-refractivity contribution in [3.63, 3.8) is 0 Å². The van der Waals surface area contributed by atoms with Crippen molar-refractivity contribution in [2.24, 2.45) is 5.16 Å². The van der Waals surface area contributed by atoms with Gasteiger partial charge in [-0.2, -0.15) is 0 Å². The van der Waals surface area contributed by atoms with Gasteiger partial charge in [0.2, 0.25) is 0 Å². The lowest BCUT2D eigenvalue weighted by molar-refractivity contribution is 0.107. The molecule has 0 amide bonds. The SMILES string of the molecule is c1ccc(OCCO/N=C(/Cn2cnc3ccccc32)c2ccccc2)cc1. The Morgan fingerprint density at radius 3 is 2.36 bits per heavy atom. The predicted octanol–water partition coefficient (Wildman–Crippen LogP) is 4.54. The van der Waals surface area contributed by atoms with Gasteiger partial charge in [0, 0.05) is 5.56 Å². The number of hydrogen-bond acceptors (Lipinski definition) is 4. The zero-order chi connectivity index (χ0) is 19.0. The minimum absolute atomic E-state index is 0.371. The van der Waals surface area contributed by atoms with Gasteiger partial charge in [-0.25, -0.2) is 4.98 Å². The average Bonchev–Trinajstić information content (AvgIpc) is 3.17. The van der Waals surface area contributed by atoms with Crippen molar-refractivity contribution in [3.8, 4) is 5.75 Å². The third kappa shape index (κ3) is 4.38. The van der Waals surface area contributed by atoms with E-state index in [0.29, 0.717) is 19.8 Å². The zero-order valence-corrected chi connectivity index (χ0v) is 15.4. The molecular weight excluding hydrogens is 350 g/mol. The molecule has 4 rings (SSSR count). The summed E-state index contributed by atoms with van der Waals surface area (Å²) < 4.78 is 7.72. The van der Waals surface area contributed by atoms with Crippen LogP contribution < -0.4 is 4.74 Å². The molecule has 0 saturated carbocycles. The van der Waals surface area contributed by atoms with Gasteiger partial charge >= 0.3 is 0 Å². The van der Waals surface area contributed by atoms with Crippen molar-refractivity contribution in [2.45, 2.75) is 6.54 Å². The fourth-order valence-electron chi connectivity index (χ4n) is 2.94. The van der Waals surface area contributed by atoms with E-state index < -0.39 is 0 Å². The number of rotatable bonds is 8. The lowest BCUT2D eigenvalue weighted by Crippen LogP contribution is -2.13. The molecule has 1 aromatic heterocycles. The van der Waals surface area contributed by atoms with Gasteiger partial charge in [-0.3, -0.25) is 0 Å². The minimum Gasteiger partial charge on any atom is -0.490 e. The molecule has 0 radical (unpaired) electrons. The zero-order valence-electron chi connectivity index (χ0n) is 15.4. The number of aromatic nitrogens is 2. The Morgan fingerprint density at radius 2 is 1.54 bits per heavy atom. The smallest absolute Gasteiger partial charge is 0.151 e. The second-order valence-corrected chi connectivity index (χ2v) is 6.26. The molecule has 5 nitrogen and oxygen atoms in total. The Labute approximate surface area is 163 Å². The molecule has 140 valence electrons. The quantitative estimate of drug-likeness (QED) is 0.260. The van der Waals surface area contributed by atoms with Gasteiger partial charge in [0.1, 0.15) is 18.1 Å². The molecule has 28 heavy (non-hydrogen) atoms. The highest BCUT2D eigenvalue weighted by molar-refractivity contribution is 6.00. The number of ether oxygens (including phenoxy) is 1. The highest BCUT2D eigenvalue weighted by Gasteiger charge is 2.09. The van der Waals surface area contributed by atoms with Crippen molar-refractivity contribution in [3.05, 3.63) is 96.8 Å². The topological polar surface area (TPSA) is 48.6 Å². The fourth-order valence-corrected chi connectivity index (χ4v) is 2.94. The van der Waals surface area contributed by atoms with Crippen LogP contribution in [0.5, 0.6) is 5.75 Å². The number of oxime groups is 1. The van der Waals surface area contributed by atoms with Crippen molar-refractivity contribution < 1.29 is 9.57 Å². The van der Waals surface area contributed by atoms with E-state index in [1.165, 1.54) is 0 Å². The van der Waals surface area contributed by atoms with E-state index in [0.717, 1.165) is 28.1 Å². The normalized spacial score (nSPS) is 11.5. The summed E-state index contributed by atoms with van der Waals surface area (Å²) in [5.41, 5.74) is 3.89. The molecule has 0 atom stereocenters. The van der Waals surface area contributed by atoms with E-state index in [4.69, 9.17) is 9.57 Å². The number of fused-ring (bicyclic) bond motifs is 1. The van der Waals surface area contributed by atoms with E-state index in [1.54, 1.807) is 0 Å². The summed E-state index contributed by atoms with van der Waals surface area (Å²) in [4.78, 5) is 10.0. The summed E-state index contributed by atoms with van der Waals surface area (Å²) in [6, 6.07) is 27.8. The first-order valence-electron chi connectivity index (χ1n) is 9.22. The molecule has 4 aromatic rings. The summed E-state index contributed by atoms with van der Waals surface area (Å²) >= 11 is 0. The summed E-state index contributed by atoms with van der Waals surface area (Å²) in [6.45, 7) is 1.38. The van der Waals surface area contributed by atoms with Gasteiger partial charge < -0.3 is 14.1 Å². The van der Waals surface area contributed by atoms with Crippen LogP contribution in [0.1, 0.15) is 5.56 Å². The van der Waals surface area contributed by atoms with Crippen LogP contribution in [0.2, 0.25) is 0 Å². The van der Waals surface area contributed by atoms with Crippen molar-refractivity contribution in [2.75, 3.05) is 13.2 Å². The van der Waals surface area contributed by atoms with Crippen molar-refractivity contribution in [1.82, 2.24) is 9.55 Å². The monoisotopic (exact) mass is 371 g/mol. The van der Waals surface area contributed by atoms with E-state index in [2.05, 4.69) is 20.8 Å². The summed E-state index contributed by atoms with van der Waals surface area (Å²) in [7, 11) is 0.